The number of aryl methyl sites for hydroxylation is 1. The number of carboxylic acids is 1. The fraction of sp³-hybridized carbons (Fsp3) is 0.0556. The highest BCUT2D eigenvalue weighted by atomic mass is 16.5. The van der Waals surface area contributed by atoms with Crippen molar-refractivity contribution in [1.82, 2.24) is 9.97 Å². The Morgan fingerprint density at radius 1 is 1.00 bits per heavy atom. The lowest BCUT2D eigenvalue weighted by Crippen LogP contribution is -1.99. The largest absolute Gasteiger partial charge is 0.478 e. The molecular formula is C18H14N2O3. The van der Waals surface area contributed by atoms with E-state index in [0.717, 1.165) is 16.9 Å². The molecule has 0 aliphatic rings. The van der Waals surface area contributed by atoms with Gasteiger partial charge in [-0.15, -0.1) is 0 Å². The molecule has 0 bridgehead atoms. The van der Waals surface area contributed by atoms with Gasteiger partial charge < -0.3 is 9.84 Å². The number of carbonyl (C=O) groups is 1. The molecule has 0 atom stereocenters. The second-order valence-corrected chi connectivity index (χ2v) is 4.99. The van der Waals surface area contributed by atoms with Crippen molar-refractivity contribution in [2.24, 2.45) is 0 Å². The van der Waals surface area contributed by atoms with Crippen LogP contribution in [0.4, 0.5) is 0 Å². The molecule has 1 aromatic heterocycles. The maximum Gasteiger partial charge on any atom is 0.338 e. The maximum atomic E-state index is 10.8. The first kappa shape index (κ1) is 14.7. The molecule has 114 valence electrons. The Balaban J connectivity index is 1.79. The molecule has 1 N–H and O–H groups in total. The Morgan fingerprint density at radius 3 is 2.26 bits per heavy atom. The van der Waals surface area contributed by atoms with E-state index in [4.69, 9.17) is 9.84 Å². The lowest BCUT2D eigenvalue weighted by molar-refractivity contribution is 0.0696. The van der Waals surface area contributed by atoms with Crippen LogP contribution in [0.15, 0.2) is 60.9 Å². The van der Waals surface area contributed by atoms with E-state index in [1.165, 1.54) is 12.4 Å². The molecule has 23 heavy (non-hydrogen) atoms. The highest BCUT2D eigenvalue weighted by Crippen LogP contribution is 2.26. The van der Waals surface area contributed by atoms with E-state index >= 15 is 0 Å². The minimum absolute atomic E-state index is 0.0632. The van der Waals surface area contributed by atoms with Crippen LogP contribution in [0.1, 0.15) is 15.9 Å². The zero-order chi connectivity index (χ0) is 16.2. The summed E-state index contributed by atoms with van der Waals surface area (Å²) in [5, 5.41) is 8.85. The maximum absolute atomic E-state index is 10.8. The molecule has 0 saturated carbocycles. The highest BCUT2D eigenvalue weighted by Gasteiger charge is 2.07. The van der Waals surface area contributed by atoms with Crippen LogP contribution in [-0.4, -0.2) is 21.0 Å². The SMILES string of the molecule is Cc1ccccc1Oc1ccc(-c2ncc(C(=O)O)cn2)cc1. The van der Waals surface area contributed by atoms with Crippen LogP contribution in [0, 0.1) is 6.92 Å². The molecule has 1 heterocycles. The number of carboxylic acid groups (broad SMARTS) is 1. The van der Waals surface area contributed by atoms with E-state index in [-0.39, 0.29) is 5.56 Å². The minimum Gasteiger partial charge on any atom is -0.478 e. The van der Waals surface area contributed by atoms with Crippen molar-refractivity contribution < 1.29 is 14.6 Å². The number of benzene rings is 2. The fourth-order valence-electron chi connectivity index (χ4n) is 2.06. The van der Waals surface area contributed by atoms with Crippen molar-refractivity contribution in [3.05, 3.63) is 72.1 Å². The molecule has 3 rings (SSSR count). The van der Waals surface area contributed by atoms with Crippen molar-refractivity contribution in [2.75, 3.05) is 0 Å². The van der Waals surface area contributed by atoms with Crippen molar-refractivity contribution in [3.8, 4) is 22.9 Å². The van der Waals surface area contributed by atoms with Crippen LogP contribution in [0.3, 0.4) is 0 Å². The second kappa shape index (κ2) is 6.27. The first-order chi connectivity index (χ1) is 11.1. The van der Waals surface area contributed by atoms with E-state index in [2.05, 4.69) is 9.97 Å². The topological polar surface area (TPSA) is 72.3 Å². The number of para-hydroxylation sites is 1. The van der Waals surface area contributed by atoms with Crippen molar-refractivity contribution >= 4 is 5.97 Å². The minimum atomic E-state index is -1.04. The number of hydrogen-bond donors (Lipinski definition) is 1. The Kier molecular flexibility index (Phi) is 4.01. The van der Waals surface area contributed by atoms with Crippen molar-refractivity contribution in [2.45, 2.75) is 6.92 Å². The van der Waals surface area contributed by atoms with Crippen LogP contribution in [0.25, 0.3) is 11.4 Å². The molecule has 2 aromatic carbocycles. The lowest BCUT2D eigenvalue weighted by atomic mass is 10.2. The Hall–Kier alpha value is -3.21. The quantitative estimate of drug-likeness (QED) is 0.790. The average Bonchev–Trinajstić information content (AvgIpc) is 2.58. The van der Waals surface area contributed by atoms with Gasteiger partial charge in [0.15, 0.2) is 5.82 Å². The van der Waals surface area contributed by atoms with Gasteiger partial charge in [-0.3, -0.25) is 0 Å². The third-order valence-electron chi connectivity index (χ3n) is 3.33. The monoisotopic (exact) mass is 306 g/mol. The second-order valence-electron chi connectivity index (χ2n) is 4.99. The summed E-state index contributed by atoms with van der Waals surface area (Å²) in [6.45, 7) is 1.99. The van der Waals surface area contributed by atoms with Gasteiger partial charge in [-0.25, -0.2) is 14.8 Å². The molecule has 5 heteroatoms. The van der Waals surface area contributed by atoms with Crippen LogP contribution >= 0.6 is 0 Å². The van der Waals surface area contributed by atoms with Gasteiger partial charge >= 0.3 is 5.97 Å². The van der Waals surface area contributed by atoms with Gasteiger partial charge in [0.1, 0.15) is 11.5 Å². The highest BCUT2D eigenvalue weighted by molar-refractivity contribution is 5.86. The number of ether oxygens (including phenoxy) is 1. The van der Waals surface area contributed by atoms with Crippen LogP contribution in [-0.2, 0) is 0 Å². The average molecular weight is 306 g/mol. The number of hydrogen-bond acceptors (Lipinski definition) is 4. The van der Waals surface area contributed by atoms with Gasteiger partial charge in [-0.1, -0.05) is 18.2 Å². The van der Waals surface area contributed by atoms with Crippen molar-refractivity contribution in [1.29, 1.82) is 0 Å². The normalized spacial score (nSPS) is 10.3. The Bertz CT molecular complexity index is 828. The molecule has 0 fully saturated rings. The third-order valence-corrected chi connectivity index (χ3v) is 3.33. The summed E-state index contributed by atoms with van der Waals surface area (Å²) in [7, 11) is 0. The Labute approximate surface area is 133 Å². The first-order valence-corrected chi connectivity index (χ1v) is 7.03. The standard InChI is InChI=1S/C18H14N2O3/c1-12-4-2-3-5-16(12)23-15-8-6-13(7-9-15)17-19-10-14(11-20-17)18(21)22/h2-11H,1H3,(H,21,22). The molecule has 0 radical (unpaired) electrons. The summed E-state index contributed by atoms with van der Waals surface area (Å²) in [5.74, 6) is 0.948. The molecule has 5 nitrogen and oxygen atoms in total. The van der Waals surface area contributed by atoms with E-state index < -0.39 is 5.97 Å². The van der Waals surface area contributed by atoms with Gasteiger partial charge in [0.2, 0.25) is 0 Å². The zero-order valence-corrected chi connectivity index (χ0v) is 12.4. The molecule has 3 aromatic rings. The molecule has 0 spiro atoms. The predicted octanol–water partition coefficient (Wildman–Crippen LogP) is 3.94. The van der Waals surface area contributed by atoms with Gasteiger partial charge in [-0.2, -0.15) is 0 Å². The summed E-state index contributed by atoms with van der Waals surface area (Å²) < 4.78 is 5.83. The van der Waals surface area contributed by atoms with E-state index in [1.807, 2.05) is 55.5 Å². The van der Waals surface area contributed by atoms with Crippen LogP contribution < -0.4 is 4.74 Å². The molecule has 0 aliphatic heterocycles. The molecule has 0 saturated heterocycles. The number of rotatable bonds is 4. The summed E-state index contributed by atoms with van der Waals surface area (Å²) in [5.41, 5.74) is 1.91. The van der Waals surface area contributed by atoms with E-state index in [9.17, 15) is 4.79 Å². The van der Waals surface area contributed by atoms with Gasteiger partial charge in [0, 0.05) is 18.0 Å². The summed E-state index contributed by atoms with van der Waals surface area (Å²) in [6.07, 6.45) is 2.59. The van der Waals surface area contributed by atoms with Gasteiger partial charge in [0.05, 0.1) is 5.56 Å². The molecule has 0 amide bonds. The molecular weight excluding hydrogens is 292 g/mol. The smallest absolute Gasteiger partial charge is 0.338 e. The Morgan fingerprint density at radius 2 is 1.65 bits per heavy atom. The lowest BCUT2D eigenvalue weighted by Gasteiger charge is -2.08. The van der Waals surface area contributed by atoms with Gasteiger partial charge in [-0.05, 0) is 42.8 Å². The zero-order valence-electron chi connectivity index (χ0n) is 12.4. The number of aromatic nitrogens is 2. The third kappa shape index (κ3) is 3.35. The first-order valence-electron chi connectivity index (χ1n) is 7.03. The number of aromatic carboxylic acids is 1. The van der Waals surface area contributed by atoms with Crippen molar-refractivity contribution in [3.63, 3.8) is 0 Å². The number of nitrogens with zero attached hydrogens (tertiary/aromatic N) is 2. The molecule has 0 aliphatic carbocycles. The fourth-order valence-corrected chi connectivity index (χ4v) is 2.06. The van der Waals surface area contributed by atoms with Crippen LogP contribution in [0.2, 0.25) is 0 Å². The van der Waals surface area contributed by atoms with E-state index in [1.54, 1.807) is 0 Å². The predicted molar refractivity (Wildman–Crippen MR) is 85.7 cm³/mol. The summed E-state index contributed by atoms with van der Waals surface area (Å²) >= 11 is 0. The van der Waals surface area contributed by atoms with E-state index in [0.29, 0.717) is 11.6 Å². The summed E-state index contributed by atoms with van der Waals surface area (Å²) in [4.78, 5) is 18.9. The van der Waals surface area contributed by atoms with Crippen LogP contribution in [0.5, 0.6) is 11.5 Å². The van der Waals surface area contributed by atoms with Gasteiger partial charge in [0.25, 0.3) is 0 Å². The molecule has 0 unspecified atom stereocenters. The summed E-state index contributed by atoms with van der Waals surface area (Å²) in [6, 6.07) is 15.1.